The summed E-state index contributed by atoms with van der Waals surface area (Å²) in [7, 11) is 0. The molecule has 3 fully saturated rings. The number of anilines is 3. The van der Waals surface area contributed by atoms with Crippen LogP contribution in [0.5, 0.6) is 0 Å². The molecule has 1 saturated carbocycles. The van der Waals surface area contributed by atoms with Gasteiger partial charge in [0.25, 0.3) is 0 Å². The molecule has 1 aliphatic carbocycles. The van der Waals surface area contributed by atoms with Crippen LogP contribution in [0.3, 0.4) is 0 Å². The van der Waals surface area contributed by atoms with E-state index >= 15 is 0 Å². The molecular weight excluding hydrogens is 400 g/mol. The van der Waals surface area contributed by atoms with Crippen molar-refractivity contribution in [2.24, 2.45) is 0 Å². The minimum Gasteiger partial charge on any atom is -0.378 e. The third-order valence-electron chi connectivity index (χ3n) is 5.81. The Morgan fingerprint density at radius 2 is 1.77 bits per heavy atom. The average molecular weight is 429 g/mol. The van der Waals surface area contributed by atoms with E-state index in [1.807, 2.05) is 12.1 Å². The molecule has 1 N–H and O–H groups in total. The van der Waals surface area contributed by atoms with Gasteiger partial charge in [0.1, 0.15) is 0 Å². The molecule has 9 heteroatoms. The number of carbonyl (C=O) groups is 1. The number of benzene rings is 1. The summed E-state index contributed by atoms with van der Waals surface area (Å²) in [5.74, 6) is 1.22. The van der Waals surface area contributed by atoms with E-state index < -0.39 is 0 Å². The lowest BCUT2D eigenvalue weighted by Gasteiger charge is -2.27. The first-order valence-electron chi connectivity index (χ1n) is 10.8. The second kappa shape index (κ2) is 8.85. The fraction of sp³-hybridized carbons (Fsp3) is 0.571. The Morgan fingerprint density at radius 3 is 2.47 bits per heavy atom. The van der Waals surface area contributed by atoms with Gasteiger partial charge >= 0.3 is 0 Å². The van der Waals surface area contributed by atoms with Gasteiger partial charge in [-0.25, -0.2) is 0 Å². The van der Waals surface area contributed by atoms with E-state index in [-0.39, 0.29) is 5.91 Å². The quantitative estimate of drug-likeness (QED) is 0.680. The van der Waals surface area contributed by atoms with Crippen molar-refractivity contribution in [1.29, 1.82) is 0 Å². The van der Waals surface area contributed by atoms with E-state index in [9.17, 15) is 4.79 Å². The molecule has 2 aromatic rings. The molecule has 2 aliphatic heterocycles. The Kier molecular flexibility index (Phi) is 5.81. The minimum atomic E-state index is -0.0211. The van der Waals surface area contributed by atoms with Gasteiger partial charge < -0.3 is 19.9 Å². The zero-order chi connectivity index (χ0) is 20.3. The van der Waals surface area contributed by atoms with Gasteiger partial charge in [0.15, 0.2) is 5.16 Å². The number of nitrogens with zero attached hydrogens (tertiary/aromatic N) is 5. The van der Waals surface area contributed by atoms with E-state index in [4.69, 9.17) is 4.74 Å². The van der Waals surface area contributed by atoms with Gasteiger partial charge in [-0.15, -0.1) is 10.2 Å². The highest BCUT2D eigenvalue weighted by atomic mass is 32.2. The first-order valence-corrected chi connectivity index (χ1v) is 11.8. The van der Waals surface area contributed by atoms with Gasteiger partial charge in [0, 0.05) is 43.6 Å². The van der Waals surface area contributed by atoms with Gasteiger partial charge in [-0.2, -0.15) is 0 Å². The molecule has 1 amide bonds. The van der Waals surface area contributed by atoms with Crippen LogP contribution in [0.15, 0.2) is 29.4 Å². The number of rotatable bonds is 7. The molecule has 8 nitrogen and oxygen atoms in total. The van der Waals surface area contributed by atoms with Crippen molar-refractivity contribution >= 4 is 35.0 Å². The predicted octanol–water partition coefficient (Wildman–Crippen LogP) is 2.78. The van der Waals surface area contributed by atoms with Gasteiger partial charge in [-0.1, -0.05) is 11.8 Å². The van der Waals surface area contributed by atoms with Gasteiger partial charge in [0.05, 0.1) is 19.0 Å². The molecule has 1 aromatic carbocycles. The summed E-state index contributed by atoms with van der Waals surface area (Å²) in [6, 6.07) is 8.61. The third kappa shape index (κ3) is 4.41. The lowest BCUT2D eigenvalue weighted by atomic mass is 10.2. The Hall–Kier alpha value is -2.26. The summed E-state index contributed by atoms with van der Waals surface area (Å²) >= 11 is 1.46. The second-order valence-corrected chi connectivity index (χ2v) is 9.00. The van der Waals surface area contributed by atoms with Crippen LogP contribution in [0.4, 0.5) is 17.3 Å². The zero-order valence-electron chi connectivity index (χ0n) is 17.1. The number of amides is 1. The van der Waals surface area contributed by atoms with E-state index in [0.717, 1.165) is 69.0 Å². The number of carbonyl (C=O) groups excluding carboxylic acids is 1. The maximum Gasteiger partial charge on any atom is 0.234 e. The first-order chi connectivity index (χ1) is 14.8. The molecule has 2 saturated heterocycles. The molecule has 30 heavy (non-hydrogen) atoms. The summed E-state index contributed by atoms with van der Waals surface area (Å²) in [6.07, 6.45) is 4.82. The average Bonchev–Trinajstić information content (AvgIpc) is 3.29. The van der Waals surface area contributed by atoms with Gasteiger partial charge in [-0.3, -0.25) is 9.36 Å². The van der Waals surface area contributed by atoms with Crippen LogP contribution in [0.25, 0.3) is 0 Å². The molecule has 0 radical (unpaired) electrons. The summed E-state index contributed by atoms with van der Waals surface area (Å²) < 4.78 is 7.67. The molecule has 5 rings (SSSR count). The highest BCUT2D eigenvalue weighted by Gasteiger charge is 2.32. The van der Waals surface area contributed by atoms with Crippen LogP contribution in [0.2, 0.25) is 0 Å². The van der Waals surface area contributed by atoms with E-state index in [0.29, 0.717) is 11.8 Å². The smallest absolute Gasteiger partial charge is 0.234 e. The van der Waals surface area contributed by atoms with Crippen LogP contribution in [-0.4, -0.2) is 65.8 Å². The number of morpholine rings is 1. The Morgan fingerprint density at radius 1 is 1.03 bits per heavy atom. The molecule has 0 atom stereocenters. The number of aromatic nitrogens is 3. The number of nitrogens with one attached hydrogen (secondary N) is 1. The third-order valence-corrected chi connectivity index (χ3v) is 6.75. The van der Waals surface area contributed by atoms with Crippen molar-refractivity contribution in [2.75, 3.05) is 60.3 Å². The molecule has 3 aliphatic rings. The van der Waals surface area contributed by atoms with Crippen molar-refractivity contribution in [3.63, 3.8) is 0 Å². The van der Waals surface area contributed by atoms with Crippen molar-refractivity contribution < 1.29 is 9.53 Å². The first kappa shape index (κ1) is 19.7. The van der Waals surface area contributed by atoms with Crippen LogP contribution in [0.1, 0.15) is 31.7 Å². The maximum atomic E-state index is 12.5. The topological polar surface area (TPSA) is 75.5 Å². The van der Waals surface area contributed by atoms with Gasteiger partial charge in [-0.05, 0) is 49.9 Å². The summed E-state index contributed by atoms with van der Waals surface area (Å²) in [6.45, 7) is 5.36. The van der Waals surface area contributed by atoms with Gasteiger partial charge in [0.2, 0.25) is 11.9 Å². The fourth-order valence-electron chi connectivity index (χ4n) is 4.06. The molecule has 0 unspecified atom stereocenters. The lowest BCUT2D eigenvalue weighted by molar-refractivity contribution is -0.113. The zero-order valence-corrected chi connectivity index (χ0v) is 17.9. The van der Waals surface area contributed by atoms with E-state index in [1.165, 1.54) is 30.3 Å². The Labute approximate surface area is 181 Å². The second-order valence-electron chi connectivity index (χ2n) is 8.06. The largest absolute Gasteiger partial charge is 0.378 e. The standard InChI is InChI=1S/C21H28N6O2S/c28-19(22-16-3-5-17(6-4-16)25-9-1-2-10-25)15-30-21-24-23-20(27(21)18-7-8-18)26-11-13-29-14-12-26/h3-6,18H,1-2,7-15H2,(H,22,28). The van der Waals surface area contributed by atoms with E-state index in [2.05, 4.69) is 42.0 Å². The summed E-state index contributed by atoms with van der Waals surface area (Å²) in [5.41, 5.74) is 2.06. The van der Waals surface area contributed by atoms with Crippen molar-refractivity contribution in [3.8, 4) is 0 Å². The number of ether oxygens (including phenoxy) is 1. The summed E-state index contributed by atoms with van der Waals surface area (Å²) in [5, 5.41) is 12.7. The fourth-order valence-corrected chi connectivity index (χ4v) is 4.86. The number of hydrogen-bond acceptors (Lipinski definition) is 7. The Balaban J connectivity index is 1.19. The molecule has 160 valence electrons. The van der Waals surface area contributed by atoms with Crippen molar-refractivity contribution in [3.05, 3.63) is 24.3 Å². The number of hydrogen-bond donors (Lipinski definition) is 1. The molecule has 1 aromatic heterocycles. The minimum absolute atomic E-state index is 0.0211. The monoisotopic (exact) mass is 428 g/mol. The molecule has 3 heterocycles. The Bertz CT molecular complexity index is 870. The summed E-state index contributed by atoms with van der Waals surface area (Å²) in [4.78, 5) is 17.1. The van der Waals surface area contributed by atoms with E-state index in [1.54, 1.807) is 0 Å². The normalized spacial score (nSPS) is 19.3. The number of thioether (sulfide) groups is 1. The predicted molar refractivity (Wildman–Crippen MR) is 119 cm³/mol. The van der Waals surface area contributed by atoms with Crippen LogP contribution in [-0.2, 0) is 9.53 Å². The van der Waals surface area contributed by atoms with Crippen LogP contribution in [0, 0.1) is 0 Å². The lowest BCUT2D eigenvalue weighted by Crippen LogP contribution is -2.38. The highest BCUT2D eigenvalue weighted by molar-refractivity contribution is 7.99. The SMILES string of the molecule is O=C(CSc1nnc(N2CCOCC2)n1C1CC1)Nc1ccc(N2CCCC2)cc1. The molecule has 0 spiro atoms. The van der Waals surface area contributed by atoms with Crippen LogP contribution < -0.4 is 15.1 Å². The van der Waals surface area contributed by atoms with Crippen LogP contribution >= 0.6 is 11.8 Å². The van der Waals surface area contributed by atoms with Crippen molar-refractivity contribution in [2.45, 2.75) is 36.9 Å². The highest BCUT2D eigenvalue weighted by Crippen LogP contribution is 2.41. The molecule has 0 bridgehead atoms. The molecular formula is C21H28N6O2S. The maximum absolute atomic E-state index is 12.5. The van der Waals surface area contributed by atoms with Crippen molar-refractivity contribution in [1.82, 2.24) is 14.8 Å².